The molecule has 1 fully saturated rings. The molecule has 6 nitrogen and oxygen atoms in total. The highest BCUT2D eigenvalue weighted by Gasteiger charge is 2.24. The van der Waals surface area contributed by atoms with Crippen molar-refractivity contribution in [3.05, 3.63) is 11.8 Å². The third-order valence-electron chi connectivity index (χ3n) is 2.13. The zero-order chi connectivity index (χ0) is 9.97. The number of carbonyl (C=O) groups is 1. The predicted octanol–water partition coefficient (Wildman–Crippen LogP) is -0.786. The molecule has 1 aromatic heterocycles. The van der Waals surface area contributed by atoms with E-state index >= 15 is 0 Å². The molecule has 2 rings (SSSR count). The van der Waals surface area contributed by atoms with Gasteiger partial charge in [-0.25, -0.2) is 0 Å². The van der Waals surface area contributed by atoms with Crippen LogP contribution in [-0.4, -0.2) is 29.2 Å². The van der Waals surface area contributed by atoms with Crippen molar-refractivity contribution in [2.24, 2.45) is 5.92 Å². The van der Waals surface area contributed by atoms with Gasteiger partial charge in [0, 0.05) is 20.0 Å². The van der Waals surface area contributed by atoms with Crippen molar-refractivity contribution in [2.45, 2.75) is 13.5 Å². The summed E-state index contributed by atoms with van der Waals surface area (Å²) in [6, 6.07) is 0. The molecular weight excluding hydrogens is 184 g/mol. The number of hydrogen-bond acceptors (Lipinski definition) is 5. The number of aryl methyl sites for hydroxylation is 1. The van der Waals surface area contributed by atoms with Crippen molar-refractivity contribution >= 4 is 5.91 Å². The fourth-order valence-corrected chi connectivity index (χ4v) is 1.19. The van der Waals surface area contributed by atoms with Crippen molar-refractivity contribution in [3.8, 4) is 0 Å². The van der Waals surface area contributed by atoms with Gasteiger partial charge in [0.2, 0.25) is 17.7 Å². The molecule has 0 aromatic carbocycles. The molecule has 0 spiro atoms. The average molecular weight is 196 g/mol. The summed E-state index contributed by atoms with van der Waals surface area (Å²) in [5.41, 5.74) is 0. The molecule has 0 bridgehead atoms. The van der Waals surface area contributed by atoms with Gasteiger partial charge in [-0.15, -0.1) is 10.2 Å². The average Bonchev–Trinajstić information content (AvgIpc) is 2.45. The molecule has 0 radical (unpaired) electrons. The zero-order valence-corrected chi connectivity index (χ0v) is 7.91. The summed E-state index contributed by atoms with van der Waals surface area (Å²) in [6.07, 6.45) is 0. The molecule has 1 saturated heterocycles. The van der Waals surface area contributed by atoms with Gasteiger partial charge in [0.05, 0.1) is 12.5 Å². The van der Waals surface area contributed by atoms with Gasteiger partial charge in [0.15, 0.2) is 0 Å². The Morgan fingerprint density at radius 3 is 2.93 bits per heavy atom. The van der Waals surface area contributed by atoms with E-state index < -0.39 is 0 Å². The number of nitrogens with one attached hydrogen (secondary N) is 2. The van der Waals surface area contributed by atoms with Gasteiger partial charge < -0.3 is 15.1 Å². The number of rotatable bonds is 3. The molecule has 14 heavy (non-hydrogen) atoms. The second kappa shape index (κ2) is 3.75. The van der Waals surface area contributed by atoms with E-state index in [0.717, 1.165) is 13.1 Å². The molecule has 0 saturated carbocycles. The first kappa shape index (κ1) is 9.14. The Morgan fingerprint density at radius 1 is 1.64 bits per heavy atom. The lowest BCUT2D eigenvalue weighted by atomic mass is 10.0. The van der Waals surface area contributed by atoms with E-state index in [0.29, 0.717) is 18.3 Å². The first-order chi connectivity index (χ1) is 6.75. The Balaban J connectivity index is 1.79. The van der Waals surface area contributed by atoms with Crippen LogP contribution in [0.15, 0.2) is 4.42 Å². The third-order valence-corrected chi connectivity index (χ3v) is 2.13. The minimum Gasteiger partial charge on any atom is -0.424 e. The maximum absolute atomic E-state index is 11.4. The van der Waals surface area contributed by atoms with Crippen LogP contribution < -0.4 is 10.6 Å². The summed E-state index contributed by atoms with van der Waals surface area (Å²) in [5, 5.41) is 13.2. The maximum Gasteiger partial charge on any atom is 0.235 e. The van der Waals surface area contributed by atoms with E-state index in [1.54, 1.807) is 6.92 Å². The SMILES string of the molecule is Cc1nnc(CNC(=O)C2CNC2)o1. The highest BCUT2D eigenvalue weighted by Crippen LogP contribution is 2.03. The van der Waals surface area contributed by atoms with Crippen molar-refractivity contribution in [2.75, 3.05) is 13.1 Å². The zero-order valence-electron chi connectivity index (χ0n) is 7.91. The van der Waals surface area contributed by atoms with Crippen molar-refractivity contribution in [3.63, 3.8) is 0 Å². The first-order valence-electron chi connectivity index (χ1n) is 4.53. The highest BCUT2D eigenvalue weighted by atomic mass is 16.4. The van der Waals surface area contributed by atoms with E-state index in [9.17, 15) is 4.79 Å². The van der Waals surface area contributed by atoms with E-state index in [1.165, 1.54) is 0 Å². The molecule has 76 valence electrons. The molecule has 0 unspecified atom stereocenters. The largest absolute Gasteiger partial charge is 0.424 e. The summed E-state index contributed by atoms with van der Waals surface area (Å²) in [4.78, 5) is 11.4. The van der Waals surface area contributed by atoms with E-state index in [-0.39, 0.29) is 11.8 Å². The molecule has 1 aliphatic rings. The Hall–Kier alpha value is -1.43. The molecular formula is C8H12N4O2. The Morgan fingerprint density at radius 2 is 2.43 bits per heavy atom. The molecule has 0 atom stereocenters. The fraction of sp³-hybridized carbons (Fsp3) is 0.625. The molecule has 2 heterocycles. The minimum absolute atomic E-state index is 0.0413. The quantitative estimate of drug-likeness (QED) is 0.662. The number of carbonyl (C=O) groups excluding carboxylic acids is 1. The molecule has 6 heteroatoms. The lowest BCUT2D eigenvalue weighted by Crippen LogP contribution is -2.50. The summed E-state index contributed by atoms with van der Waals surface area (Å²) in [6.45, 7) is 3.55. The molecule has 1 aliphatic heterocycles. The van der Waals surface area contributed by atoms with Gasteiger partial charge in [-0.2, -0.15) is 0 Å². The molecule has 1 aromatic rings. The summed E-state index contributed by atoms with van der Waals surface area (Å²) >= 11 is 0. The Bertz CT molecular complexity index is 332. The van der Waals surface area contributed by atoms with Crippen molar-refractivity contribution in [1.29, 1.82) is 0 Å². The minimum atomic E-state index is 0.0413. The normalized spacial score (nSPS) is 16.4. The van der Waals surface area contributed by atoms with Gasteiger partial charge in [-0.1, -0.05) is 0 Å². The molecule has 1 amide bonds. The van der Waals surface area contributed by atoms with Crippen LogP contribution in [0.3, 0.4) is 0 Å². The topological polar surface area (TPSA) is 80.0 Å². The number of nitrogens with zero attached hydrogens (tertiary/aromatic N) is 2. The smallest absolute Gasteiger partial charge is 0.235 e. The van der Waals surface area contributed by atoms with E-state index in [1.807, 2.05) is 0 Å². The summed E-state index contributed by atoms with van der Waals surface area (Å²) in [7, 11) is 0. The van der Waals surface area contributed by atoms with Crippen LogP contribution in [0.25, 0.3) is 0 Å². The van der Waals surface area contributed by atoms with Gasteiger partial charge in [0.25, 0.3) is 0 Å². The third kappa shape index (κ3) is 1.90. The van der Waals surface area contributed by atoms with Gasteiger partial charge >= 0.3 is 0 Å². The van der Waals surface area contributed by atoms with E-state index in [4.69, 9.17) is 4.42 Å². The van der Waals surface area contributed by atoms with E-state index in [2.05, 4.69) is 20.8 Å². The first-order valence-corrected chi connectivity index (χ1v) is 4.53. The van der Waals surface area contributed by atoms with Crippen LogP contribution in [-0.2, 0) is 11.3 Å². The second-order valence-electron chi connectivity index (χ2n) is 3.29. The standard InChI is InChI=1S/C8H12N4O2/c1-5-11-12-7(14-5)4-10-8(13)6-2-9-3-6/h6,9H,2-4H2,1H3,(H,10,13). The predicted molar refractivity (Wildman–Crippen MR) is 47.2 cm³/mol. The van der Waals surface area contributed by atoms with Crippen molar-refractivity contribution in [1.82, 2.24) is 20.8 Å². The Labute approximate surface area is 81.1 Å². The lowest BCUT2D eigenvalue weighted by Gasteiger charge is -2.25. The van der Waals surface area contributed by atoms with Gasteiger partial charge in [0.1, 0.15) is 0 Å². The second-order valence-corrected chi connectivity index (χ2v) is 3.29. The Kier molecular flexibility index (Phi) is 2.45. The summed E-state index contributed by atoms with van der Waals surface area (Å²) in [5.74, 6) is 1.10. The summed E-state index contributed by atoms with van der Waals surface area (Å²) < 4.78 is 5.11. The van der Waals surface area contributed by atoms with Crippen LogP contribution in [0.2, 0.25) is 0 Å². The van der Waals surface area contributed by atoms with Crippen LogP contribution >= 0.6 is 0 Å². The van der Waals surface area contributed by atoms with Crippen LogP contribution in [0.1, 0.15) is 11.8 Å². The number of amides is 1. The fourth-order valence-electron chi connectivity index (χ4n) is 1.19. The van der Waals surface area contributed by atoms with Crippen molar-refractivity contribution < 1.29 is 9.21 Å². The molecule has 0 aliphatic carbocycles. The van der Waals surface area contributed by atoms with Gasteiger partial charge in [-0.3, -0.25) is 4.79 Å². The lowest BCUT2D eigenvalue weighted by molar-refractivity contribution is -0.126. The number of hydrogen-bond donors (Lipinski definition) is 2. The molecule has 2 N–H and O–H groups in total. The number of aromatic nitrogens is 2. The monoisotopic (exact) mass is 196 g/mol. The van der Waals surface area contributed by atoms with Crippen LogP contribution in [0, 0.1) is 12.8 Å². The van der Waals surface area contributed by atoms with Crippen LogP contribution in [0.5, 0.6) is 0 Å². The highest BCUT2D eigenvalue weighted by molar-refractivity contribution is 5.79. The van der Waals surface area contributed by atoms with Crippen LogP contribution in [0.4, 0.5) is 0 Å². The maximum atomic E-state index is 11.4. The van der Waals surface area contributed by atoms with Gasteiger partial charge in [-0.05, 0) is 0 Å².